The van der Waals surface area contributed by atoms with Crippen molar-refractivity contribution in [2.75, 3.05) is 19.0 Å². The third-order valence-electron chi connectivity index (χ3n) is 3.53. The van der Waals surface area contributed by atoms with Gasteiger partial charge in [-0.2, -0.15) is 0 Å². The average molecular weight is 292 g/mol. The maximum absolute atomic E-state index is 11.9. The standard InChI is InChI=1S/C17H28N2O2/c1-6-11-18-13(2)14-7-9-15(10-8-14)19-16(20)12-17(3,4)21-5/h7-10,13,18H,6,11-12H2,1-5H3,(H,19,20). The molecule has 0 bridgehead atoms. The van der Waals surface area contributed by atoms with Crippen LogP contribution in [0.4, 0.5) is 5.69 Å². The summed E-state index contributed by atoms with van der Waals surface area (Å²) in [7, 11) is 1.62. The maximum atomic E-state index is 11.9. The first-order valence-electron chi connectivity index (χ1n) is 7.56. The van der Waals surface area contributed by atoms with Gasteiger partial charge in [0.2, 0.25) is 5.91 Å². The lowest BCUT2D eigenvalue weighted by atomic mass is 10.0. The molecule has 0 heterocycles. The first kappa shape index (κ1) is 17.7. The van der Waals surface area contributed by atoms with E-state index in [-0.39, 0.29) is 5.91 Å². The zero-order valence-electron chi connectivity index (χ0n) is 13.8. The maximum Gasteiger partial charge on any atom is 0.227 e. The normalized spacial score (nSPS) is 13.0. The Labute approximate surface area is 128 Å². The Bertz CT molecular complexity index is 441. The molecule has 118 valence electrons. The number of anilines is 1. The third kappa shape index (κ3) is 6.27. The summed E-state index contributed by atoms with van der Waals surface area (Å²) in [6.45, 7) is 9.10. The Morgan fingerprint density at radius 3 is 2.43 bits per heavy atom. The average Bonchev–Trinajstić information content (AvgIpc) is 2.45. The summed E-state index contributed by atoms with van der Waals surface area (Å²) < 4.78 is 5.27. The fraction of sp³-hybridized carbons (Fsp3) is 0.588. The molecule has 1 unspecified atom stereocenters. The summed E-state index contributed by atoms with van der Waals surface area (Å²) in [6.07, 6.45) is 1.45. The predicted octanol–water partition coefficient (Wildman–Crippen LogP) is 3.50. The molecule has 0 aromatic heterocycles. The highest BCUT2D eigenvalue weighted by Gasteiger charge is 2.21. The second-order valence-electron chi connectivity index (χ2n) is 5.99. The molecule has 0 saturated heterocycles. The number of methoxy groups -OCH3 is 1. The van der Waals surface area contributed by atoms with Crippen molar-refractivity contribution in [1.82, 2.24) is 5.32 Å². The lowest BCUT2D eigenvalue weighted by molar-refractivity contribution is -0.121. The Kier molecular flexibility index (Phi) is 6.85. The lowest BCUT2D eigenvalue weighted by Gasteiger charge is -2.22. The van der Waals surface area contributed by atoms with Crippen molar-refractivity contribution in [3.63, 3.8) is 0 Å². The van der Waals surface area contributed by atoms with E-state index >= 15 is 0 Å². The Hall–Kier alpha value is -1.39. The fourth-order valence-corrected chi connectivity index (χ4v) is 2.00. The first-order chi connectivity index (χ1) is 9.88. The number of ether oxygens (including phenoxy) is 1. The predicted molar refractivity (Wildman–Crippen MR) is 87.5 cm³/mol. The molecular formula is C17H28N2O2. The van der Waals surface area contributed by atoms with Crippen LogP contribution in [0.2, 0.25) is 0 Å². The van der Waals surface area contributed by atoms with Crippen LogP contribution in [-0.4, -0.2) is 25.2 Å². The summed E-state index contributed by atoms with van der Waals surface area (Å²) in [5.74, 6) is -0.0354. The number of carbonyl (C=O) groups is 1. The van der Waals surface area contributed by atoms with Gasteiger partial charge in [0.15, 0.2) is 0 Å². The molecule has 0 fully saturated rings. The highest BCUT2D eigenvalue weighted by atomic mass is 16.5. The van der Waals surface area contributed by atoms with Crippen LogP contribution < -0.4 is 10.6 Å². The van der Waals surface area contributed by atoms with Gasteiger partial charge in [0, 0.05) is 18.8 Å². The zero-order valence-corrected chi connectivity index (χ0v) is 13.8. The Balaban J connectivity index is 2.56. The minimum absolute atomic E-state index is 0.0354. The van der Waals surface area contributed by atoms with Crippen LogP contribution >= 0.6 is 0 Å². The van der Waals surface area contributed by atoms with Gasteiger partial charge in [0.05, 0.1) is 12.0 Å². The number of nitrogens with one attached hydrogen (secondary N) is 2. The molecule has 1 atom stereocenters. The smallest absolute Gasteiger partial charge is 0.227 e. The second kappa shape index (κ2) is 8.15. The van der Waals surface area contributed by atoms with Crippen molar-refractivity contribution in [3.8, 4) is 0 Å². The molecule has 1 aromatic carbocycles. The van der Waals surface area contributed by atoms with Gasteiger partial charge in [0.1, 0.15) is 0 Å². The van der Waals surface area contributed by atoms with E-state index in [0.29, 0.717) is 12.5 Å². The molecule has 0 aliphatic carbocycles. The highest BCUT2D eigenvalue weighted by molar-refractivity contribution is 5.91. The summed E-state index contributed by atoms with van der Waals surface area (Å²) in [5, 5.41) is 6.35. The van der Waals surface area contributed by atoms with Gasteiger partial charge in [-0.1, -0.05) is 19.1 Å². The van der Waals surface area contributed by atoms with Crippen LogP contribution in [-0.2, 0) is 9.53 Å². The fourth-order valence-electron chi connectivity index (χ4n) is 2.00. The summed E-state index contributed by atoms with van der Waals surface area (Å²) in [5.41, 5.74) is 1.60. The van der Waals surface area contributed by atoms with Gasteiger partial charge in [-0.25, -0.2) is 0 Å². The van der Waals surface area contributed by atoms with Gasteiger partial charge in [-0.15, -0.1) is 0 Å². The van der Waals surface area contributed by atoms with Crippen LogP contribution in [0.5, 0.6) is 0 Å². The van der Waals surface area contributed by atoms with E-state index in [1.807, 2.05) is 38.1 Å². The lowest BCUT2D eigenvalue weighted by Crippen LogP contribution is -2.29. The van der Waals surface area contributed by atoms with Crippen molar-refractivity contribution in [3.05, 3.63) is 29.8 Å². The van der Waals surface area contributed by atoms with Crippen molar-refractivity contribution in [1.29, 1.82) is 0 Å². The monoisotopic (exact) mass is 292 g/mol. The molecule has 0 aliphatic heterocycles. The minimum Gasteiger partial charge on any atom is -0.378 e. The van der Waals surface area contributed by atoms with Gasteiger partial charge >= 0.3 is 0 Å². The van der Waals surface area contributed by atoms with Crippen LogP contribution in [0.25, 0.3) is 0 Å². The first-order valence-corrected chi connectivity index (χ1v) is 7.56. The minimum atomic E-state index is -0.442. The Morgan fingerprint density at radius 1 is 1.29 bits per heavy atom. The molecule has 0 saturated carbocycles. The van der Waals surface area contributed by atoms with Crippen molar-refractivity contribution >= 4 is 11.6 Å². The molecule has 1 rings (SSSR count). The molecule has 0 radical (unpaired) electrons. The summed E-state index contributed by atoms with van der Waals surface area (Å²) >= 11 is 0. The van der Waals surface area contributed by atoms with Crippen molar-refractivity contribution in [2.24, 2.45) is 0 Å². The highest BCUT2D eigenvalue weighted by Crippen LogP contribution is 2.18. The number of benzene rings is 1. The molecule has 2 N–H and O–H groups in total. The number of carbonyl (C=O) groups excluding carboxylic acids is 1. The third-order valence-corrected chi connectivity index (χ3v) is 3.53. The van der Waals surface area contributed by atoms with E-state index < -0.39 is 5.60 Å². The van der Waals surface area contributed by atoms with Gasteiger partial charge in [0.25, 0.3) is 0 Å². The largest absolute Gasteiger partial charge is 0.378 e. The SMILES string of the molecule is CCCNC(C)c1ccc(NC(=O)CC(C)(C)OC)cc1. The van der Waals surface area contributed by atoms with Crippen LogP contribution in [0.3, 0.4) is 0 Å². The molecule has 4 heteroatoms. The molecule has 1 amide bonds. The van der Waals surface area contributed by atoms with Gasteiger partial charge in [-0.05, 0) is 51.4 Å². The van der Waals surface area contributed by atoms with Crippen LogP contribution in [0.15, 0.2) is 24.3 Å². The number of hydrogen-bond donors (Lipinski definition) is 2. The van der Waals surface area contributed by atoms with Crippen LogP contribution in [0.1, 0.15) is 52.1 Å². The molecule has 21 heavy (non-hydrogen) atoms. The number of amides is 1. The number of hydrogen-bond acceptors (Lipinski definition) is 3. The van der Waals surface area contributed by atoms with Crippen molar-refractivity contribution in [2.45, 2.75) is 52.2 Å². The van der Waals surface area contributed by atoms with E-state index in [2.05, 4.69) is 24.5 Å². The zero-order chi connectivity index (χ0) is 15.9. The van der Waals surface area contributed by atoms with E-state index in [0.717, 1.165) is 18.7 Å². The van der Waals surface area contributed by atoms with E-state index in [1.54, 1.807) is 7.11 Å². The summed E-state index contributed by atoms with van der Waals surface area (Å²) in [6, 6.07) is 8.30. The topological polar surface area (TPSA) is 50.4 Å². The van der Waals surface area contributed by atoms with E-state index in [1.165, 1.54) is 5.56 Å². The Morgan fingerprint density at radius 2 is 1.90 bits per heavy atom. The molecule has 0 spiro atoms. The summed E-state index contributed by atoms with van der Waals surface area (Å²) in [4.78, 5) is 11.9. The van der Waals surface area contributed by atoms with Crippen molar-refractivity contribution < 1.29 is 9.53 Å². The van der Waals surface area contributed by atoms with E-state index in [4.69, 9.17) is 4.74 Å². The number of rotatable bonds is 8. The van der Waals surface area contributed by atoms with Gasteiger partial charge in [-0.3, -0.25) is 4.79 Å². The van der Waals surface area contributed by atoms with Crippen LogP contribution in [0, 0.1) is 0 Å². The molecule has 0 aliphatic rings. The molecule has 1 aromatic rings. The van der Waals surface area contributed by atoms with E-state index in [9.17, 15) is 4.79 Å². The quantitative estimate of drug-likeness (QED) is 0.771. The van der Waals surface area contributed by atoms with Gasteiger partial charge < -0.3 is 15.4 Å². The second-order valence-corrected chi connectivity index (χ2v) is 5.99. The molecule has 4 nitrogen and oxygen atoms in total. The molecular weight excluding hydrogens is 264 g/mol.